The third-order valence-corrected chi connectivity index (χ3v) is 4.49. The number of halogens is 1. The molecule has 5 heteroatoms. The summed E-state index contributed by atoms with van der Waals surface area (Å²) >= 11 is 6.06. The molecule has 0 atom stereocenters. The third-order valence-electron chi connectivity index (χ3n) is 4.28. The lowest BCUT2D eigenvalue weighted by Crippen LogP contribution is -1.96. The van der Waals surface area contributed by atoms with E-state index < -0.39 is 0 Å². The maximum absolute atomic E-state index is 6.06. The van der Waals surface area contributed by atoms with Gasteiger partial charge in [0.2, 0.25) is 0 Å². The van der Waals surface area contributed by atoms with E-state index in [2.05, 4.69) is 45.3 Å². The summed E-state index contributed by atoms with van der Waals surface area (Å²) in [6.07, 6.45) is 9.61. The van der Waals surface area contributed by atoms with Crippen LogP contribution in [0, 0.1) is 6.92 Å². The van der Waals surface area contributed by atoms with Gasteiger partial charge in [0.25, 0.3) is 0 Å². The van der Waals surface area contributed by atoms with Crippen molar-refractivity contribution in [1.29, 1.82) is 0 Å². The first-order valence-electron chi connectivity index (χ1n) is 9.04. The van der Waals surface area contributed by atoms with Crippen LogP contribution in [0.4, 0.5) is 0 Å². The molecule has 4 heterocycles. The minimum Gasteiger partial charge on any atom is -0.299 e. The van der Waals surface area contributed by atoms with Crippen LogP contribution in [0.5, 0.6) is 0 Å². The second-order valence-electron chi connectivity index (χ2n) is 5.99. The number of imidazole rings is 1. The Morgan fingerprint density at radius 1 is 1.00 bits per heavy atom. The number of rotatable bonds is 3. The largest absolute Gasteiger partial charge is 0.299 e. The van der Waals surface area contributed by atoms with Gasteiger partial charge < -0.3 is 0 Å². The molecule has 4 aromatic heterocycles. The highest BCUT2D eigenvalue weighted by Gasteiger charge is 2.13. The maximum atomic E-state index is 6.06. The number of nitrogens with zero attached hydrogens (tertiary/aromatic N) is 4. The standard InChI is InChI=1S/C19H17ClN4.C2H6/c1-3-4-14-7-12(2)16(11-22-14)15-8-13-10-23-18(20)9-17(13)24-6-5-21-19(15)24;1-2/h5-11H,3-4H2,1-2H3;1-2H3. The first-order chi connectivity index (χ1) is 12.7. The zero-order valence-electron chi connectivity index (χ0n) is 15.6. The number of fused-ring (bicyclic) bond motifs is 3. The molecule has 4 aromatic rings. The lowest BCUT2D eigenvalue weighted by atomic mass is 10.0. The normalized spacial score (nSPS) is 10.8. The van der Waals surface area contributed by atoms with E-state index in [0.29, 0.717) is 5.15 Å². The van der Waals surface area contributed by atoms with Crippen molar-refractivity contribution in [3.63, 3.8) is 0 Å². The van der Waals surface area contributed by atoms with Gasteiger partial charge in [0.05, 0.1) is 5.52 Å². The van der Waals surface area contributed by atoms with Crippen LogP contribution < -0.4 is 0 Å². The summed E-state index contributed by atoms with van der Waals surface area (Å²) in [5.74, 6) is 0. The van der Waals surface area contributed by atoms with Gasteiger partial charge in [-0.05, 0) is 31.0 Å². The second kappa shape index (κ2) is 7.83. The fourth-order valence-corrected chi connectivity index (χ4v) is 3.31. The summed E-state index contributed by atoms with van der Waals surface area (Å²) < 4.78 is 2.05. The minimum absolute atomic E-state index is 0.479. The van der Waals surface area contributed by atoms with Crippen molar-refractivity contribution < 1.29 is 0 Å². The van der Waals surface area contributed by atoms with Gasteiger partial charge in [-0.3, -0.25) is 9.38 Å². The predicted molar refractivity (Wildman–Crippen MR) is 109 cm³/mol. The molecule has 0 aliphatic heterocycles. The van der Waals surface area contributed by atoms with Gasteiger partial charge in [-0.15, -0.1) is 0 Å². The Morgan fingerprint density at radius 3 is 2.54 bits per heavy atom. The van der Waals surface area contributed by atoms with Crippen LogP contribution in [-0.2, 0) is 6.42 Å². The summed E-state index contributed by atoms with van der Waals surface area (Å²) in [4.78, 5) is 13.4. The SMILES string of the molecule is CC.CCCc1cc(C)c(-c2cc3cnc(Cl)cc3n3ccnc23)cn1. The zero-order chi connectivity index (χ0) is 18.7. The Bertz CT molecular complexity index is 1050. The van der Waals surface area contributed by atoms with Gasteiger partial charge >= 0.3 is 0 Å². The molecule has 0 saturated heterocycles. The van der Waals surface area contributed by atoms with Crippen LogP contribution in [-0.4, -0.2) is 19.4 Å². The van der Waals surface area contributed by atoms with Crippen molar-refractivity contribution in [3.05, 3.63) is 59.4 Å². The van der Waals surface area contributed by atoms with E-state index in [9.17, 15) is 0 Å². The van der Waals surface area contributed by atoms with E-state index in [1.165, 1.54) is 5.56 Å². The molecule has 0 amide bonds. The molecular weight excluding hydrogens is 344 g/mol. The van der Waals surface area contributed by atoms with Gasteiger partial charge in [-0.2, -0.15) is 0 Å². The van der Waals surface area contributed by atoms with Gasteiger partial charge in [0.1, 0.15) is 10.8 Å². The topological polar surface area (TPSA) is 43.1 Å². The number of pyridine rings is 3. The molecule has 26 heavy (non-hydrogen) atoms. The van der Waals surface area contributed by atoms with Gasteiger partial charge in [-0.25, -0.2) is 9.97 Å². The molecule has 134 valence electrons. The molecule has 0 aliphatic rings. The van der Waals surface area contributed by atoms with E-state index >= 15 is 0 Å². The monoisotopic (exact) mass is 366 g/mol. The molecule has 0 radical (unpaired) electrons. The zero-order valence-corrected chi connectivity index (χ0v) is 16.4. The number of hydrogen-bond acceptors (Lipinski definition) is 3. The molecule has 0 bridgehead atoms. The molecule has 0 aromatic carbocycles. The Kier molecular flexibility index (Phi) is 5.52. The Morgan fingerprint density at radius 2 is 1.81 bits per heavy atom. The second-order valence-corrected chi connectivity index (χ2v) is 6.37. The lowest BCUT2D eigenvalue weighted by Gasteiger charge is -2.11. The van der Waals surface area contributed by atoms with Crippen LogP contribution in [0.15, 0.2) is 43.0 Å². The van der Waals surface area contributed by atoms with E-state index in [4.69, 9.17) is 11.6 Å². The van der Waals surface area contributed by atoms with Crippen molar-refractivity contribution in [2.75, 3.05) is 0 Å². The van der Waals surface area contributed by atoms with Crippen LogP contribution in [0.2, 0.25) is 5.15 Å². The molecule has 0 unspecified atom stereocenters. The summed E-state index contributed by atoms with van der Waals surface area (Å²) in [5.41, 5.74) is 6.40. The highest BCUT2D eigenvalue weighted by atomic mass is 35.5. The van der Waals surface area contributed by atoms with Crippen molar-refractivity contribution in [3.8, 4) is 11.1 Å². The summed E-state index contributed by atoms with van der Waals surface area (Å²) in [5, 5.41) is 1.50. The van der Waals surface area contributed by atoms with Crippen molar-refractivity contribution in [1.82, 2.24) is 19.4 Å². The Hall–Kier alpha value is -2.46. The first-order valence-corrected chi connectivity index (χ1v) is 9.42. The van der Waals surface area contributed by atoms with Crippen LogP contribution in [0.1, 0.15) is 38.4 Å². The predicted octanol–water partition coefficient (Wildman–Crippen LogP) is 5.89. The van der Waals surface area contributed by atoms with E-state index in [0.717, 1.165) is 46.2 Å². The van der Waals surface area contributed by atoms with Crippen LogP contribution in [0.25, 0.3) is 27.7 Å². The van der Waals surface area contributed by atoms with Gasteiger partial charge in [-0.1, -0.05) is 38.8 Å². The minimum atomic E-state index is 0.479. The maximum Gasteiger partial charge on any atom is 0.145 e. The van der Waals surface area contributed by atoms with E-state index in [1.54, 1.807) is 12.4 Å². The smallest absolute Gasteiger partial charge is 0.145 e. The van der Waals surface area contributed by atoms with Gasteiger partial charge in [0, 0.05) is 53.1 Å². The molecule has 0 saturated carbocycles. The van der Waals surface area contributed by atoms with Crippen molar-refractivity contribution in [2.45, 2.75) is 40.5 Å². The van der Waals surface area contributed by atoms with Gasteiger partial charge in [0.15, 0.2) is 0 Å². The van der Waals surface area contributed by atoms with E-state index in [1.807, 2.05) is 32.3 Å². The van der Waals surface area contributed by atoms with Crippen LogP contribution >= 0.6 is 11.6 Å². The Labute approximate surface area is 158 Å². The highest BCUT2D eigenvalue weighted by molar-refractivity contribution is 6.30. The first kappa shape index (κ1) is 18.3. The van der Waals surface area contributed by atoms with E-state index in [-0.39, 0.29) is 0 Å². The fraction of sp³-hybridized carbons (Fsp3) is 0.286. The number of aromatic nitrogens is 4. The molecule has 4 nitrogen and oxygen atoms in total. The number of aryl methyl sites for hydroxylation is 2. The molecule has 0 N–H and O–H groups in total. The molecule has 0 aliphatic carbocycles. The summed E-state index contributed by atoms with van der Waals surface area (Å²) in [7, 11) is 0. The van der Waals surface area contributed by atoms with Crippen molar-refractivity contribution in [2.24, 2.45) is 0 Å². The molecule has 4 rings (SSSR count). The molecule has 0 spiro atoms. The highest BCUT2D eigenvalue weighted by Crippen LogP contribution is 2.31. The third kappa shape index (κ3) is 3.29. The summed E-state index contributed by atoms with van der Waals surface area (Å²) in [6.45, 7) is 8.29. The lowest BCUT2D eigenvalue weighted by molar-refractivity contribution is 0.881. The molecule has 0 fully saturated rings. The molecular formula is C21H23ClN4. The average Bonchev–Trinajstić information content (AvgIpc) is 3.14. The quantitative estimate of drug-likeness (QED) is 0.425. The van der Waals surface area contributed by atoms with Crippen molar-refractivity contribution >= 4 is 28.2 Å². The number of hydrogen-bond donors (Lipinski definition) is 0. The Balaban J connectivity index is 0.000000948. The summed E-state index contributed by atoms with van der Waals surface area (Å²) in [6, 6.07) is 6.15. The average molecular weight is 367 g/mol. The van der Waals surface area contributed by atoms with Crippen LogP contribution in [0.3, 0.4) is 0 Å². The fourth-order valence-electron chi connectivity index (χ4n) is 3.15.